The van der Waals surface area contributed by atoms with E-state index in [9.17, 15) is 13.2 Å². The van der Waals surface area contributed by atoms with Gasteiger partial charge in [0, 0.05) is 30.4 Å². The van der Waals surface area contributed by atoms with Crippen LogP contribution in [0.2, 0.25) is 0 Å². The number of hydrogen-bond acceptors (Lipinski definition) is 5. The van der Waals surface area contributed by atoms with Crippen LogP contribution in [0.5, 0.6) is 0 Å². The normalized spacial score (nSPS) is 21.2. The molecule has 0 unspecified atom stereocenters. The number of sulfonamides is 1. The van der Waals surface area contributed by atoms with Crippen LogP contribution >= 0.6 is 11.8 Å². The molecule has 2 aliphatic heterocycles. The first kappa shape index (κ1) is 24.3. The second kappa shape index (κ2) is 9.07. The molecule has 4 rings (SSSR count). The minimum Gasteiger partial charge on any atom is -0.347 e. The summed E-state index contributed by atoms with van der Waals surface area (Å²) in [5.74, 6) is -0.240. The van der Waals surface area contributed by atoms with Gasteiger partial charge in [-0.3, -0.25) is 9.69 Å². The highest BCUT2D eigenvalue weighted by atomic mass is 32.2. The van der Waals surface area contributed by atoms with Gasteiger partial charge in [-0.2, -0.15) is 8.42 Å². The molecule has 0 spiro atoms. The Kier molecular flexibility index (Phi) is 6.48. The van der Waals surface area contributed by atoms with Gasteiger partial charge in [-0.25, -0.2) is 0 Å². The Morgan fingerprint density at radius 1 is 1.03 bits per heavy atom. The number of anilines is 1. The van der Waals surface area contributed by atoms with Crippen molar-refractivity contribution in [3.63, 3.8) is 0 Å². The monoisotopic (exact) mass is 495 g/mol. The minimum absolute atomic E-state index is 0.118. The molecule has 2 aliphatic rings. The molecule has 6 nitrogen and oxygen atoms in total. The van der Waals surface area contributed by atoms with Crippen LogP contribution < -0.4 is 4.90 Å². The highest BCUT2D eigenvalue weighted by molar-refractivity contribution is 8.19. The van der Waals surface area contributed by atoms with Crippen molar-refractivity contribution in [1.82, 2.24) is 4.90 Å². The van der Waals surface area contributed by atoms with Gasteiger partial charge in [0.05, 0.1) is 9.80 Å². The van der Waals surface area contributed by atoms with Gasteiger partial charge in [0.1, 0.15) is 0 Å². The summed E-state index contributed by atoms with van der Waals surface area (Å²) >= 11 is 1.09. The molecule has 2 heterocycles. The van der Waals surface area contributed by atoms with Crippen molar-refractivity contribution in [3.05, 3.63) is 82.4 Å². The minimum atomic E-state index is -3.93. The molecule has 0 N–H and O–H groups in total. The number of aryl methyl sites for hydroxylation is 1. The number of hydrogen-bond donors (Lipinski definition) is 0. The molecule has 178 valence electrons. The number of fused-ring (bicyclic) bond motifs is 1. The Morgan fingerprint density at radius 3 is 2.32 bits per heavy atom. The maximum Gasteiger partial charge on any atom is 0.284 e. The van der Waals surface area contributed by atoms with E-state index in [1.807, 2.05) is 39.1 Å². The van der Waals surface area contributed by atoms with Crippen molar-refractivity contribution in [1.29, 1.82) is 0 Å². The van der Waals surface area contributed by atoms with E-state index >= 15 is 0 Å². The topological polar surface area (TPSA) is 70.0 Å². The fraction of sp³-hybridized carbons (Fsp3) is 0.308. The Morgan fingerprint density at radius 2 is 1.71 bits per heavy atom. The largest absolute Gasteiger partial charge is 0.347 e. The number of amidine groups is 1. The number of amides is 1. The third-order valence-corrected chi connectivity index (χ3v) is 8.79. The van der Waals surface area contributed by atoms with E-state index in [1.54, 1.807) is 30.3 Å². The molecule has 0 radical (unpaired) electrons. The lowest BCUT2D eigenvalue weighted by Crippen LogP contribution is -2.29. The van der Waals surface area contributed by atoms with E-state index in [2.05, 4.69) is 35.3 Å². The van der Waals surface area contributed by atoms with Crippen LogP contribution in [-0.2, 0) is 26.7 Å². The standard InChI is InChI=1S/C26H29N3O3S2/c1-6-18-12-14-19(15-13-18)34(31,32)27-25-29(7-2)24(30)22(33-25)16-17-23-26(3,4)20-10-8-9-11-21(20)28(23)5/h8-17H,6-7H2,1-5H3/b22-16-,23-17+,27-25?. The average Bonchev–Trinajstić information content (AvgIpc) is 3.21. The first-order chi connectivity index (χ1) is 16.1. The number of carbonyl (C=O) groups excluding carboxylic acids is 1. The Labute approximate surface area is 206 Å². The zero-order valence-corrected chi connectivity index (χ0v) is 21.7. The van der Waals surface area contributed by atoms with E-state index < -0.39 is 10.0 Å². The molecule has 8 heteroatoms. The molecule has 0 bridgehead atoms. The zero-order valence-electron chi connectivity index (χ0n) is 20.1. The molecular weight excluding hydrogens is 466 g/mol. The number of allylic oxidation sites excluding steroid dienone is 3. The molecule has 2 aromatic carbocycles. The van der Waals surface area contributed by atoms with Gasteiger partial charge in [-0.15, -0.1) is 4.40 Å². The Bertz CT molecular complexity index is 1320. The second-order valence-corrected chi connectivity index (χ2v) is 11.4. The Hall–Kier alpha value is -2.84. The first-order valence-corrected chi connectivity index (χ1v) is 13.5. The van der Waals surface area contributed by atoms with Crippen LogP contribution in [0.25, 0.3) is 0 Å². The number of carbonyl (C=O) groups is 1. The summed E-state index contributed by atoms with van der Waals surface area (Å²) in [7, 11) is -1.91. The van der Waals surface area contributed by atoms with E-state index in [-0.39, 0.29) is 21.4 Å². The molecule has 0 aromatic heterocycles. The third kappa shape index (κ3) is 4.20. The van der Waals surface area contributed by atoms with Gasteiger partial charge in [-0.1, -0.05) is 51.1 Å². The van der Waals surface area contributed by atoms with Crippen LogP contribution in [0.1, 0.15) is 38.8 Å². The number of para-hydroxylation sites is 1. The van der Waals surface area contributed by atoms with E-state index in [1.165, 1.54) is 10.5 Å². The number of thioether (sulfide) groups is 1. The van der Waals surface area contributed by atoms with Crippen molar-refractivity contribution >= 4 is 38.5 Å². The van der Waals surface area contributed by atoms with Crippen LogP contribution in [0.15, 0.2) is 80.6 Å². The predicted octanol–water partition coefficient (Wildman–Crippen LogP) is 5.08. The second-order valence-electron chi connectivity index (χ2n) is 8.78. The maximum absolute atomic E-state index is 13.0. The summed E-state index contributed by atoms with van der Waals surface area (Å²) < 4.78 is 29.8. The van der Waals surface area contributed by atoms with Crippen LogP contribution in [-0.4, -0.2) is 38.0 Å². The third-order valence-electron chi connectivity index (χ3n) is 6.37. The molecule has 0 atom stereocenters. The van der Waals surface area contributed by atoms with Crippen molar-refractivity contribution in [2.45, 2.75) is 44.4 Å². The van der Waals surface area contributed by atoms with Gasteiger partial charge in [0.2, 0.25) is 0 Å². The van der Waals surface area contributed by atoms with Gasteiger partial charge in [0.15, 0.2) is 5.17 Å². The highest BCUT2D eigenvalue weighted by Crippen LogP contribution is 2.46. The number of nitrogens with zero attached hydrogens (tertiary/aromatic N) is 3. The molecule has 1 fully saturated rings. The summed E-state index contributed by atoms with van der Waals surface area (Å²) in [4.78, 5) is 17.1. The molecule has 1 saturated heterocycles. The van der Waals surface area contributed by atoms with Gasteiger partial charge >= 0.3 is 0 Å². The lowest BCUT2D eigenvalue weighted by molar-refractivity contribution is -0.122. The fourth-order valence-corrected chi connectivity index (χ4v) is 6.56. The van der Waals surface area contributed by atoms with Crippen LogP contribution in [0.4, 0.5) is 5.69 Å². The smallest absolute Gasteiger partial charge is 0.284 e. The lowest BCUT2D eigenvalue weighted by Gasteiger charge is -2.23. The number of rotatable bonds is 5. The maximum atomic E-state index is 13.0. The molecule has 1 amide bonds. The van der Waals surface area contributed by atoms with Crippen molar-refractivity contribution in [2.75, 3.05) is 18.5 Å². The quantitative estimate of drug-likeness (QED) is 0.541. The van der Waals surface area contributed by atoms with Crippen LogP contribution in [0, 0.1) is 0 Å². The van der Waals surface area contributed by atoms with Crippen molar-refractivity contribution < 1.29 is 13.2 Å². The van der Waals surface area contributed by atoms with Gasteiger partial charge < -0.3 is 4.90 Å². The van der Waals surface area contributed by atoms with E-state index in [0.717, 1.165) is 35.1 Å². The van der Waals surface area contributed by atoms with Gasteiger partial charge in [0.25, 0.3) is 15.9 Å². The molecular formula is C26H29N3O3S2. The Balaban J connectivity index is 1.66. The predicted molar refractivity (Wildman–Crippen MR) is 139 cm³/mol. The lowest BCUT2D eigenvalue weighted by atomic mass is 9.84. The van der Waals surface area contributed by atoms with Crippen LogP contribution in [0.3, 0.4) is 0 Å². The van der Waals surface area contributed by atoms with E-state index in [0.29, 0.717) is 11.4 Å². The SMILES string of the molecule is CCc1ccc(S(=O)(=O)N=C2S/C(=C\C=C3\N(C)c4ccccc4C3(C)C)C(=O)N2CC)cc1. The summed E-state index contributed by atoms with van der Waals surface area (Å²) in [6.07, 6.45) is 4.55. The van der Waals surface area contributed by atoms with E-state index in [4.69, 9.17) is 0 Å². The molecule has 2 aromatic rings. The summed E-state index contributed by atoms with van der Waals surface area (Å²) in [6, 6.07) is 14.9. The fourth-order valence-electron chi connectivity index (χ4n) is 4.38. The molecule has 34 heavy (non-hydrogen) atoms. The molecule has 0 aliphatic carbocycles. The summed E-state index contributed by atoms with van der Waals surface area (Å²) in [6.45, 7) is 8.47. The first-order valence-electron chi connectivity index (χ1n) is 11.3. The highest BCUT2D eigenvalue weighted by Gasteiger charge is 2.38. The van der Waals surface area contributed by atoms with Gasteiger partial charge in [-0.05, 0) is 66.6 Å². The number of likely N-dealkylation sites (N-methyl/N-ethyl adjacent to an activating group) is 2. The van der Waals surface area contributed by atoms with Crippen molar-refractivity contribution in [2.24, 2.45) is 4.40 Å². The van der Waals surface area contributed by atoms with Crippen molar-refractivity contribution in [3.8, 4) is 0 Å². The summed E-state index contributed by atoms with van der Waals surface area (Å²) in [5, 5.41) is 0.180. The zero-order chi connectivity index (χ0) is 24.7. The number of benzene rings is 2. The average molecular weight is 496 g/mol. The molecule has 0 saturated carbocycles. The summed E-state index contributed by atoms with van der Waals surface area (Å²) in [5.41, 5.74) is 4.26.